The van der Waals surface area contributed by atoms with Crippen LogP contribution in [0.15, 0.2) is 16.8 Å². The molecule has 0 fully saturated rings. The third-order valence-corrected chi connectivity index (χ3v) is 3.33. The van der Waals surface area contributed by atoms with E-state index in [2.05, 4.69) is 12.2 Å². The summed E-state index contributed by atoms with van der Waals surface area (Å²) in [7, 11) is 0. The summed E-state index contributed by atoms with van der Waals surface area (Å²) in [5, 5.41) is 16.6. The molecule has 1 atom stereocenters. The Balaban J connectivity index is 2.25. The van der Waals surface area contributed by atoms with Crippen molar-refractivity contribution in [2.24, 2.45) is 0 Å². The molecular formula is C13H21NO3S. The van der Waals surface area contributed by atoms with E-state index in [0.717, 1.165) is 18.4 Å². The topological polar surface area (TPSA) is 58.6 Å². The van der Waals surface area contributed by atoms with E-state index in [9.17, 15) is 9.90 Å². The van der Waals surface area contributed by atoms with Crippen LogP contribution in [0, 0.1) is 0 Å². The number of carbonyl (C=O) groups excluding carboxylic acids is 1. The van der Waals surface area contributed by atoms with Crippen molar-refractivity contribution in [2.45, 2.75) is 32.3 Å². The van der Waals surface area contributed by atoms with Gasteiger partial charge in [0.2, 0.25) is 5.91 Å². The molecule has 0 aliphatic carbocycles. The molecule has 1 rings (SSSR count). The lowest BCUT2D eigenvalue weighted by Gasteiger charge is -2.22. The molecule has 5 heteroatoms. The summed E-state index contributed by atoms with van der Waals surface area (Å²) in [4.78, 5) is 11.5. The quantitative estimate of drug-likeness (QED) is 0.710. The summed E-state index contributed by atoms with van der Waals surface area (Å²) >= 11 is 1.52. The second-order valence-corrected chi connectivity index (χ2v) is 5.25. The number of aliphatic hydroxyl groups is 1. The summed E-state index contributed by atoms with van der Waals surface area (Å²) in [5.41, 5.74) is -0.210. The molecule has 1 aromatic rings. The zero-order valence-electron chi connectivity index (χ0n) is 10.9. The first-order valence-corrected chi connectivity index (χ1v) is 7.10. The fourth-order valence-electron chi connectivity index (χ4n) is 1.41. The van der Waals surface area contributed by atoms with E-state index in [-0.39, 0.29) is 19.1 Å². The molecule has 0 aliphatic heterocycles. The number of hydrogen-bond donors (Lipinski definition) is 2. The van der Waals surface area contributed by atoms with Crippen LogP contribution in [0.25, 0.3) is 0 Å². The zero-order chi connectivity index (χ0) is 13.4. The molecule has 0 aliphatic rings. The van der Waals surface area contributed by atoms with Crippen LogP contribution in [0.3, 0.4) is 0 Å². The highest BCUT2D eigenvalue weighted by atomic mass is 32.1. The lowest BCUT2D eigenvalue weighted by atomic mass is 9.99. The average Bonchev–Trinajstić information content (AvgIpc) is 2.87. The molecular weight excluding hydrogens is 250 g/mol. The first-order valence-electron chi connectivity index (χ1n) is 6.15. The lowest BCUT2D eigenvalue weighted by molar-refractivity contribution is -0.126. The Bertz CT molecular complexity index is 349. The van der Waals surface area contributed by atoms with Crippen LogP contribution in [0.4, 0.5) is 0 Å². The molecule has 1 aromatic heterocycles. The van der Waals surface area contributed by atoms with E-state index in [4.69, 9.17) is 4.74 Å². The lowest BCUT2D eigenvalue weighted by Crippen LogP contribution is -2.39. The van der Waals surface area contributed by atoms with Crippen molar-refractivity contribution in [3.05, 3.63) is 22.4 Å². The first-order chi connectivity index (χ1) is 8.56. The molecule has 4 nitrogen and oxygen atoms in total. The van der Waals surface area contributed by atoms with Gasteiger partial charge in [0.25, 0.3) is 0 Å². The van der Waals surface area contributed by atoms with E-state index < -0.39 is 5.60 Å². The van der Waals surface area contributed by atoms with Crippen molar-refractivity contribution in [1.29, 1.82) is 0 Å². The highest BCUT2D eigenvalue weighted by Gasteiger charge is 2.23. The van der Waals surface area contributed by atoms with Gasteiger partial charge in [0.05, 0.1) is 6.54 Å². The van der Waals surface area contributed by atoms with Gasteiger partial charge in [-0.05, 0) is 35.7 Å². The number of hydrogen-bond acceptors (Lipinski definition) is 4. The van der Waals surface area contributed by atoms with Gasteiger partial charge in [0.1, 0.15) is 12.2 Å². The number of rotatable bonds is 8. The van der Waals surface area contributed by atoms with E-state index in [1.165, 1.54) is 11.3 Å². The Kier molecular flexibility index (Phi) is 6.32. The molecule has 0 spiro atoms. The maximum absolute atomic E-state index is 11.5. The maximum Gasteiger partial charge on any atom is 0.246 e. The van der Waals surface area contributed by atoms with Gasteiger partial charge >= 0.3 is 0 Å². The molecule has 0 saturated heterocycles. The van der Waals surface area contributed by atoms with Crippen LogP contribution in [-0.4, -0.2) is 30.8 Å². The number of amides is 1. The fourth-order valence-corrected chi connectivity index (χ4v) is 2.19. The fraction of sp³-hybridized carbons (Fsp3) is 0.615. The van der Waals surface area contributed by atoms with Gasteiger partial charge in [-0.3, -0.25) is 4.79 Å². The predicted molar refractivity (Wildman–Crippen MR) is 72.6 cm³/mol. The summed E-state index contributed by atoms with van der Waals surface area (Å²) in [5.74, 6) is -0.193. The van der Waals surface area contributed by atoms with Gasteiger partial charge in [0.15, 0.2) is 0 Å². The molecule has 18 heavy (non-hydrogen) atoms. The van der Waals surface area contributed by atoms with Crippen LogP contribution >= 0.6 is 11.3 Å². The van der Waals surface area contributed by atoms with E-state index >= 15 is 0 Å². The minimum Gasteiger partial charge on any atom is -0.384 e. The van der Waals surface area contributed by atoms with E-state index in [1.807, 2.05) is 16.8 Å². The molecule has 0 bridgehead atoms. The van der Waals surface area contributed by atoms with Crippen LogP contribution in [0.5, 0.6) is 0 Å². The predicted octanol–water partition coefficient (Wildman–Crippen LogP) is 1.89. The zero-order valence-corrected chi connectivity index (χ0v) is 11.8. The second kappa shape index (κ2) is 7.51. The number of nitrogens with one attached hydrogen (secondary N) is 1. The molecule has 2 N–H and O–H groups in total. The largest absolute Gasteiger partial charge is 0.384 e. The van der Waals surface area contributed by atoms with Crippen LogP contribution in [0.2, 0.25) is 0 Å². The van der Waals surface area contributed by atoms with Crippen molar-refractivity contribution in [3.63, 3.8) is 0 Å². The number of unbranched alkanes of at least 4 members (excludes halogenated alkanes) is 1. The Labute approximate surface area is 112 Å². The molecule has 0 radical (unpaired) electrons. The molecule has 1 amide bonds. The van der Waals surface area contributed by atoms with Gasteiger partial charge in [0, 0.05) is 6.61 Å². The van der Waals surface area contributed by atoms with E-state index in [0.29, 0.717) is 6.61 Å². The summed E-state index contributed by atoms with van der Waals surface area (Å²) in [6, 6.07) is 1.86. The summed E-state index contributed by atoms with van der Waals surface area (Å²) in [6.07, 6.45) is 2.01. The van der Waals surface area contributed by atoms with Crippen molar-refractivity contribution in [2.75, 3.05) is 19.8 Å². The van der Waals surface area contributed by atoms with Crippen molar-refractivity contribution >= 4 is 17.2 Å². The number of carbonyl (C=O) groups is 1. The monoisotopic (exact) mass is 271 g/mol. The van der Waals surface area contributed by atoms with Crippen molar-refractivity contribution in [3.8, 4) is 0 Å². The third kappa shape index (κ3) is 5.16. The molecule has 102 valence electrons. The van der Waals surface area contributed by atoms with Crippen molar-refractivity contribution < 1.29 is 14.6 Å². The molecule has 1 heterocycles. The smallest absolute Gasteiger partial charge is 0.246 e. The summed E-state index contributed by atoms with van der Waals surface area (Å²) < 4.78 is 5.20. The van der Waals surface area contributed by atoms with Gasteiger partial charge in [-0.2, -0.15) is 11.3 Å². The Morgan fingerprint density at radius 2 is 2.39 bits per heavy atom. The minimum atomic E-state index is -1.03. The number of thiophene rings is 1. The Morgan fingerprint density at radius 1 is 1.61 bits per heavy atom. The highest BCUT2D eigenvalue weighted by Crippen LogP contribution is 2.21. The normalized spacial score (nSPS) is 14.2. The van der Waals surface area contributed by atoms with Crippen LogP contribution in [0.1, 0.15) is 32.3 Å². The maximum atomic E-state index is 11.5. The average molecular weight is 271 g/mol. The second-order valence-electron chi connectivity index (χ2n) is 4.47. The van der Waals surface area contributed by atoms with Crippen LogP contribution in [-0.2, 0) is 15.1 Å². The van der Waals surface area contributed by atoms with Gasteiger partial charge < -0.3 is 15.2 Å². The standard InChI is InChI=1S/C13H21NO3S/c1-3-4-6-17-8-12(15)14-10-13(2,16)11-5-7-18-9-11/h5,7,9,16H,3-4,6,8,10H2,1-2H3,(H,14,15). The molecule has 0 saturated carbocycles. The summed E-state index contributed by atoms with van der Waals surface area (Å²) in [6.45, 7) is 4.61. The minimum absolute atomic E-state index is 0.0553. The molecule has 0 aromatic carbocycles. The third-order valence-electron chi connectivity index (χ3n) is 2.65. The molecule has 1 unspecified atom stereocenters. The number of ether oxygens (including phenoxy) is 1. The highest BCUT2D eigenvalue weighted by molar-refractivity contribution is 7.08. The van der Waals surface area contributed by atoms with Crippen LogP contribution < -0.4 is 5.32 Å². The van der Waals surface area contributed by atoms with E-state index in [1.54, 1.807) is 6.92 Å². The van der Waals surface area contributed by atoms with Crippen molar-refractivity contribution in [1.82, 2.24) is 5.32 Å². The van der Waals surface area contributed by atoms with Gasteiger partial charge in [-0.15, -0.1) is 0 Å². The Hall–Kier alpha value is -0.910. The van der Waals surface area contributed by atoms with Gasteiger partial charge in [-0.1, -0.05) is 13.3 Å². The Morgan fingerprint density at radius 3 is 3.00 bits per heavy atom. The van der Waals surface area contributed by atoms with Gasteiger partial charge in [-0.25, -0.2) is 0 Å². The SMILES string of the molecule is CCCCOCC(=O)NCC(C)(O)c1ccsc1. The first kappa shape index (κ1) is 15.1.